The van der Waals surface area contributed by atoms with Crippen molar-refractivity contribution in [1.82, 2.24) is 4.90 Å². The Hall–Kier alpha value is -1.68. The lowest BCUT2D eigenvalue weighted by Gasteiger charge is -2.35. The molecule has 1 saturated heterocycles. The van der Waals surface area contributed by atoms with Gasteiger partial charge < -0.3 is 5.11 Å². The van der Waals surface area contributed by atoms with E-state index in [9.17, 15) is 14.7 Å². The molecule has 1 fully saturated rings. The summed E-state index contributed by atoms with van der Waals surface area (Å²) in [4.78, 5) is 26.3. The van der Waals surface area contributed by atoms with Crippen LogP contribution < -0.4 is 0 Å². The maximum Gasteiger partial charge on any atom is 0.304 e. The van der Waals surface area contributed by atoms with Crippen LogP contribution in [-0.2, 0) is 4.79 Å². The minimum Gasteiger partial charge on any atom is -0.481 e. The highest BCUT2D eigenvalue weighted by Crippen LogP contribution is 2.22. The smallest absolute Gasteiger partial charge is 0.304 e. The summed E-state index contributed by atoms with van der Waals surface area (Å²) in [6.07, 6.45) is 3.36. The molecule has 0 aromatic heterocycles. The number of aliphatic carboxylic acids is 1. The van der Waals surface area contributed by atoms with E-state index >= 15 is 0 Å². The average molecular weight is 317 g/mol. The third-order valence-electron chi connectivity index (χ3n) is 4.98. The number of carbonyl (C=O) groups excluding carboxylic acids is 1. The highest BCUT2D eigenvalue weighted by molar-refractivity contribution is 5.99. The van der Waals surface area contributed by atoms with Gasteiger partial charge in [-0.15, -0.1) is 0 Å². The molecule has 4 heteroatoms. The largest absolute Gasteiger partial charge is 0.481 e. The number of Topliss-reactive ketones (excluding diaryl/α,β-unsaturated/α-hetero) is 1. The minimum atomic E-state index is -0.906. The van der Waals surface area contributed by atoms with Gasteiger partial charge in [-0.1, -0.05) is 18.6 Å². The van der Waals surface area contributed by atoms with Crippen LogP contribution in [0.5, 0.6) is 0 Å². The summed E-state index contributed by atoms with van der Waals surface area (Å²) in [6.45, 7) is 7.65. The third-order valence-corrected chi connectivity index (χ3v) is 4.98. The summed E-state index contributed by atoms with van der Waals surface area (Å²) in [5, 5.41) is 9.20. The molecular formula is C19H27NO3. The Morgan fingerprint density at radius 1 is 1.26 bits per heavy atom. The second kappa shape index (κ2) is 7.73. The second-order valence-electron chi connectivity index (χ2n) is 6.80. The molecule has 2 unspecified atom stereocenters. The third kappa shape index (κ3) is 4.64. The number of carbonyl (C=O) groups is 2. The van der Waals surface area contributed by atoms with E-state index in [1.54, 1.807) is 0 Å². The van der Waals surface area contributed by atoms with Gasteiger partial charge in [0, 0.05) is 24.1 Å². The Bertz CT molecular complexity index is 582. The van der Waals surface area contributed by atoms with E-state index in [4.69, 9.17) is 0 Å². The Kier molecular flexibility index (Phi) is 5.94. The molecule has 2 rings (SSSR count). The zero-order valence-electron chi connectivity index (χ0n) is 14.3. The van der Waals surface area contributed by atoms with E-state index < -0.39 is 11.9 Å². The number of benzene rings is 1. The van der Waals surface area contributed by atoms with Gasteiger partial charge in [0.05, 0.1) is 6.42 Å². The van der Waals surface area contributed by atoms with Gasteiger partial charge in [0.1, 0.15) is 0 Å². The van der Waals surface area contributed by atoms with Crippen LogP contribution in [-0.4, -0.2) is 40.9 Å². The van der Waals surface area contributed by atoms with Crippen LogP contribution in [0.15, 0.2) is 18.2 Å². The number of piperidine rings is 1. The van der Waals surface area contributed by atoms with Crippen LogP contribution in [0.25, 0.3) is 0 Å². The predicted octanol–water partition coefficient (Wildman–Crippen LogP) is 3.45. The Labute approximate surface area is 138 Å². The molecule has 0 saturated carbocycles. The van der Waals surface area contributed by atoms with Gasteiger partial charge in [0.15, 0.2) is 5.78 Å². The van der Waals surface area contributed by atoms with E-state index in [1.165, 1.54) is 6.42 Å². The van der Waals surface area contributed by atoms with Crippen molar-refractivity contribution in [3.8, 4) is 0 Å². The molecule has 1 aliphatic rings. The van der Waals surface area contributed by atoms with Crippen molar-refractivity contribution in [2.24, 2.45) is 5.92 Å². The van der Waals surface area contributed by atoms with E-state index in [2.05, 4.69) is 11.8 Å². The fourth-order valence-electron chi connectivity index (χ4n) is 3.29. The average Bonchev–Trinajstić information content (AvgIpc) is 2.50. The van der Waals surface area contributed by atoms with Gasteiger partial charge in [0.2, 0.25) is 0 Å². The molecule has 0 radical (unpaired) electrons. The Morgan fingerprint density at radius 3 is 2.61 bits per heavy atom. The van der Waals surface area contributed by atoms with E-state index in [-0.39, 0.29) is 12.2 Å². The molecule has 0 spiro atoms. The van der Waals surface area contributed by atoms with Gasteiger partial charge in [0.25, 0.3) is 0 Å². The topological polar surface area (TPSA) is 57.6 Å². The van der Waals surface area contributed by atoms with E-state index in [1.807, 2.05) is 32.0 Å². The van der Waals surface area contributed by atoms with Gasteiger partial charge in [-0.2, -0.15) is 0 Å². The number of hydrogen-bond acceptors (Lipinski definition) is 3. The number of likely N-dealkylation sites (tertiary alicyclic amines) is 1. The molecule has 4 nitrogen and oxygen atoms in total. The highest BCUT2D eigenvalue weighted by atomic mass is 16.4. The first-order valence-electron chi connectivity index (χ1n) is 8.45. The molecule has 1 aromatic carbocycles. The number of ketones is 1. The lowest BCUT2D eigenvalue weighted by Crippen LogP contribution is -2.42. The summed E-state index contributed by atoms with van der Waals surface area (Å²) in [6, 6.07) is 6.06. The minimum absolute atomic E-state index is 0.0479. The first kappa shape index (κ1) is 17.7. The molecule has 126 valence electrons. The maximum absolute atomic E-state index is 12.8. The van der Waals surface area contributed by atoms with Gasteiger partial charge >= 0.3 is 5.97 Å². The van der Waals surface area contributed by atoms with Crippen molar-refractivity contribution < 1.29 is 14.7 Å². The molecular weight excluding hydrogens is 290 g/mol. The lowest BCUT2D eigenvalue weighted by atomic mass is 9.91. The van der Waals surface area contributed by atoms with Crippen LogP contribution >= 0.6 is 0 Å². The summed E-state index contributed by atoms with van der Waals surface area (Å²) in [7, 11) is 0. The Balaban J connectivity index is 2.17. The summed E-state index contributed by atoms with van der Waals surface area (Å²) >= 11 is 0. The van der Waals surface area contributed by atoms with Crippen LogP contribution in [0.2, 0.25) is 0 Å². The van der Waals surface area contributed by atoms with Crippen molar-refractivity contribution >= 4 is 11.8 Å². The fourth-order valence-corrected chi connectivity index (χ4v) is 3.29. The van der Waals surface area contributed by atoms with E-state index in [0.29, 0.717) is 18.2 Å². The van der Waals surface area contributed by atoms with Crippen molar-refractivity contribution in [2.45, 2.75) is 52.5 Å². The number of aryl methyl sites for hydroxylation is 2. The van der Waals surface area contributed by atoms with Crippen LogP contribution in [0.4, 0.5) is 0 Å². The maximum atomic E-state index is 12.8. The van der Waals surface area contributed by atoms with Crippen molar-refractivity contribution in [2.75, 3.05) is 13.1 Å². The quantitative estimate of drug-likeness (QED) is 0.816. The van der Waals surface area contributed by atoms with Crippen molar-refractivity contribution in [3.05, 3.63) is 34.9 Å². The van der Waals surface area contributed by atoms with Crippen molar-refractivity contribution in [3.63, 3.8) is 0 Å². The van der Waals surface area contributed by atoms with Crippen molar-refractivity contribution in [1.29, 1.82) is 0 Å². The molecule has 0 aliphatic carbocycles. The second-order valence-corrected chi connectivity index (χ2v) is 6.80. The van der Waals surface area contributed by atoms with Gasteiger partial charge in [-0.25, -0.2) is 0 Å². The monoisotopic (exact) mass is 317 g/mol. The van der Waals surface area contributed by atoms with Crippen LogP contribution in [0, 0.1) is 19.8 Å². The first-order chi connectivity index (χ1) is 10.9. The molecule has 0 amide bonds. The van der Waals surface area contributed by atoms with E-state index in [0.717, 1.165) is 30.5 Å². The van der Waals surface area contributed by atoms with Crippen LogP contribution in [0.3, 0.4) is 0 Å². The molecule has 0 bridgehead atoms. The van der Waals surface area contributed by atoms with Gasteiger partial charge in [-0.3, -0.25) is 14.5 Å². The SMILES string of the molecule is Cc1ccc(C(=O)C(CC(=O)O)CN2CCCCC2C)cc1C. The molecule has 23 heavy (non-hydrogen) atoms. The molecule has 1 N–H and O–H groups in total. The molecule has 1 heterocycles. The Morgan fingerprint density at radius 2 is 2.00 bits per heavy atom. The lowest BCUT2D eigenvalue weighted by molar-refractivity contribution is -0.138. The number of carboxylic acid groups (broad SMARTS) is 1. The zero-order valence-corrected chi connectivity index (χ0v) is 14.3. The number of nitrogens with zero attached hydrogens (tertiary/aromatic N) is 1. The van der Waals surface area contributed by atoms with Gasteiger partial charge in [-0.05, 0) is 57.4 Å². The summed E-state index contributed by atoms with van der Waals surface area (Å²) in [5.41, 5.74) is 2.83. The molecule has 1 aliphatic heterocycles. The first-order valence-corrected chi connectivity index (χ1v) is 8.45. The predicted molar refractivity (Wildman–Crippen MR) is 90.9 cm³/mol. The summed E-state index contributed by atoms with van der Waals surface area (Å²) in [5.74, 6) is -1.43. The molecule has 1 aromatic rings. The number of rotatable bonds is 6. The number of carboxylic acids is 1. The highest BCUT2D eigenvalue weighted by Gasteiger charge is 2.28. The fraction of sp³-hybridized carbons (Fsp3) is 0.579. The summed E-state index contributed by atoms with van der Waals surface area (Å²) < 4.78 is 0. The normalized spacial score (nSPS) is 20.2. The number of hydrogen-bond donors (Lipinski definition) is 1. The van der Waals surface area contributed by atoms with Crippen LogP contribution in [0.1, 0.15) is 54.1 Å². The molecule has 2 atom stereocenters. The standard InChI is InChI=1S/C19H27NO3/c1-13-7-8-16(10-14(13)2)19(23)17(11-18(21)22)12-20-9-5-4-6-15(20)3/h7-8,10,15,17H,4-6,9,11-12H2,1-3H3,(H,21,22). The zero-order chi connectivity index (χ0) is 17.0.